The van der Waals surface area contributed by atoms with Gasteiger partial charge < -0.3 is 10.2 Å². The van der Waals surface area contributed by atoms with Crippen LogP contribution in [0.5, 0.6) is 0 Å². The standard InChI is InChI=1S/C19H30N2O2/c1-12(2)11-15-16(19(15,3)4)18(23)21-9-7-14(8-10-21)20-17(22)13-5-6-13/h11,13-16H,5-10H2,1-4H3,(H,20,22). The molecular formula is C19H30N2O2. The van der Waals surface area contributed by atoms with Crippen LogP contribution in [0.3, 0.4) is 0 Å². The summed E-state index contributed by atoms with van der Waals surface area (Å²) in [6.45, 7) is 10.2. The van der Waals surface area contributed by atoms with Crippen LogP contribution >= 0.6 is 0 Å². The molecule has 128 valence electrons. The lowest BCUT2D eigenvalue weighted by Crippen LogP contribution is -2.47. The number of amides is 2. The van der Waals surface area contributed by atoms with Gasteiger partial charge >= 0.3 is 0 Å². The van der Waals surface area contributed by atoms with Gasteiger partial charge in [0, 0.05) is 25.0 Å². The highest BCUT2D eigenvalue weighted by atomic mass is 16.2. The minimum atomic E-state index is 0.0887. The van der Waals surface area contributed by atoms with Gasteiger partial charge in [0.25, 0.3) is 0 Å². The molecule has 1 saturated heterocycles. The Hall–Kier alpha value is -1.32. The van der Waals surface area contributed by atoms with Gasteiger partial charge in [-0.15, -0.1) is 0 Å². The van der Waals surface area contributed by atoms with Gasteiger partial charge in [-0.25, -0.2) is 0 Å². The SMILES string of the molecule is CC(C)=CC1C(C(=O)N2CCC(NC(=O)C3CC3)CC2)C1(C)C. The summed E-state index contributed by atoms with van der Waals surface area (Å²) in [6.07, 6.45) is 6.14. The number of nitrogens with zero attached hydrogens (tertiary/aromatic N) is 1. The molecule has 3 fully saturated rings. The number of hydrogen-bond donors (Lipinski definition) is 1. The first kappa shape index (κ1) is 16.5. The summed E-state index contributed by atoms with van der Waals surface area (Å²) in [4.78, 5) is 26.7. The first-order valence-corrected chi connectivity index (χ1v) is 9.05. The van der Waals surface area contributed by atoms with E-state index >= 15 is 0 Å². The van der Waals surface area contributed by atoms with E-state index in [0.717, 1.165) is 38.8 Å². The number of hydrogen-bond acceptors (Lipinski definition) is 2. The van der Waals surface area contributed by atoms with Crippen molar-refractivity contribution in [2.45, 2.75) is 59.4 Å². The predicted molar refractivity (Wildman–Crippen MR) is 90.7 cm³/mol. The van der Waals surface area contributed by atoms with E-state index in [9.17, 15) is 9.59 Å². The molecule has 2 atom stereocenters. The summed E-state index contributed by atoms with van der Waals surface area (Å²) in [5.74, 6) is 1.32. The van der Waals surface area contributed by atoms with E-state index in [1.807, 2.05) is 4.90 Å². The van der Waals surface area contributed by atoms with Gasteiger partial charge in [-0.05, 0) is 50.9 Å². The van der Waals surface area contributed by atoms with Crippen LogP contribution in [-0.2, 0) is 9.59 Å². The maximum atomic E-state index is 12.8. The van der Waals surface area contributed by atoms with E-state index < -0.39 is 0 Å². The Morgan fingerprint density at radius 1 is 1.09 bits per heavy atom. The molecule has 1 heterocycles. The van der Waals surface area contributed by atoms with Crippen molar-refractivity contribution >= 4 is 11.8 Å². The average Bonchev–Trinajstić information content (AvgIpc) is 3.37. The van der Waals surface area contributed by atoms with Crippen LogP contribution in [0, 0.1) is 23.2 Å². The Morgan fingerprint density at radius 3 is 2.22 bits per heavy atom. The third-order valence-electron chi connectivity index (χ3n) is 5.79. The Morgan fingerprint density at radius 2 is 1.70 bits per heavy atom. The lowest BCUT2D eigenvalue weighted by molar-refractivity contribution is -0.134. The van der Waals surface area contributed by atoms with Crippen LogP contribution in [0.2, 0.25) is 0 Å². The molecule has 3 rings (SSSR count). The van der Waals surface area contributed by atoms with Crippen molar-refractivity contribution in [2.24, 2.45) is 23.2 Å². The van der Waals surface area contributed by atoms with E-state index in [4.69, 9.17) is 0 Å². The van der Waals surface area contributed by atoms with E-state index in [2.05, 4.69) is 39.1 Å². The zero-order valence-corrected chi connectivity index (χ0v) is 14.9. The number of carbonyl (C=O) groups excluding carboxylic acids is 2. The van der Waals surface area contributed by atoms with Crippen molar-refractivity contribution in [3.8, 4) is 0 Å². The molecule has 0 aromatic carbocycles. The predicted octanol–water partition coefficient (Wildman–Crippen LogP) is 2.74. The van der Waals surface area contributed by atoms with E-state index in [0.29, 0.717) is 11.8 Å². The second kappa shape index (κ2) is 5.95. The molecule has 0 radical (unpaired) electrons. The van der Waals surface area contributed by atoms with E-state index in [1.54, 1.807) is 0 Å². The van der Waals surface area contributed by atoms with Gasteiger partial charge in [0.2, 0.25) is 11.8 Å². The average molecular weight is 318 g/mol. The first-order valence-electron chi connectivity index (χ1n) is 9.05. The first-order chi connectivity index (χ1) is 10.8. The molecule has 4 heteroatoms. The minimum Gasteiger partial charge on any atom is -0.353 e. The number of nitrogens with one attached hydrogen (secondary N) is 1. The maximum Gasteiger partial charge on any atom is 0.226 e. The number of piperidine rings is 1. The van der Waals surface area contributed by atoms with Gasteiger partial charge in [-0.3, -0.25) is 9.59 Å². The Labute approximate surface area is 139 Å². The van der Waals surface area contributed by atoms with Crippen molar-refractivity contribution in [3.63, 3.8) is 0 Å². The summed E-state index contributed by atoms with van der Waals surface area (Å²) < 4.78 is 0. The number of carbonyl (C=O) groups is 2. The Balaban J connectivity index is 1.50. The lowest BCUT2D eigenvalue weighted by atomic mass is 10.0. The smallest absolute Gasteiger partial charge is 0.226 e. The monoisotopic (exact) mass is 318 g/mol. The zero-order chi connectivity index (χ0) is 16.8. The second-order valence-electron chi connectivity index (χ2n) is 8.45. The largest absolute Gasteiger partial charge is 0.353 e. The van der Waals surface area contributed by atoms with Gasteiger partial charge in [0.05, 0.1) is 5.92 Å². The zero-order valence-electron chi connectivity index (χ0n) is 14.9. The highest BCUT2D eigenvalue weighted by Crippen LogP contribution is 2.60. The number of likely N-dealkylation sites (tertiary alicyclic amines) is 1. The molecule has 0 bridgehead atoms. The Bertz CT molecular complexity index is 521. The van der Waals surface area contributed by atoms with Crippen LogP contribution in [0.25, 0.3) is 0 Å². The molecule has 1 aliphatic heterocycles. The van der Waals surface area contributed by atoms with Crippen LogP contribution < -0.4 is 5.32 Å². The van der Waals surface area contributed by atoms with Gasteiger partial charge in [0.15, 0.2) is 0 Å². The number of allylic oxidation sites excluding steroid dienone is 2. The fourth-order valence-electron chi connectivity index (χ4n) is 3.92. The topological polar surface area (TPSA) is 49.4 Å². The highest BCUT2D eigenvalue weighted by molar-refractivity contribution is 5.84. The third-order valence-corrected chi connectivity index (χ3v) is 5.79. The summed E-state index contributed by atoms with van der Waals surface area (Å²) in [5.41, 5.74) is 1.38. The van der Waals surface area contributed by atoms with Crippen molar-refractivity contribution in [3.05, 3.63) is 11.6 Å². The van der Waals surface area contributed by atoms with Crippen molar-refractivity contribution < 1.29 is 9.59 Å². The third kappa shape index (κ3) is 3.46. The van der Waals surface area contributed by atoms with Crippen LogP contribution in [-0.4, -0.2) is 35.8 Å². The van der Waals surface area contributed by atoms with Crippen molar-refractivity contribution in [2.75, 3.05) is 13.1 Å². The van der Waals surface area contributed by atoms with Gasteiger partial charge in [-0.1, -0.05) is 25.5 Å². The maximum absolute atomic E-state index is 12.8. The molecule has 2 saturated carbocycles. The molecular weight excluding hydrogens is 288 g/mol. The molecule has 0 aromatic heterocycles. The molecule has 1 N–H and O–H groups in total. The summed E-state index contributed by atoms with van der Waals surface area (Å²) in [6, 6.07) is 0.257. The second-order valence-corrected chi connectivity index (χ2v) is 8.45. The molecule has 2 amide bonds. The fourth-order valence-corrected chi connectivity index (χ4v) is 3.92. The highest BCUT2D eigenvalue weighted by Gasteiger charge is 2.61. The fraction of sp³-hybridized carbons (Fsp3) is 0.789. The van der Waals surface area contributed by atoms with Gasteiger partial charge in [-0.2, -0.15) is 0 Å². The van der Waals surface area contributed by atoms with Crippen LogP contribution in [0.15, 0.2) is 11.6 Å². The van der Waals surface area contributed by atoms with Crippen molar-refractivity contribution in [1.29, 1.82) is 0 Å². The number of rotatable bonds is 4. The molecule has 3 aliphatic rings. The molecule has 2 aliphatic carbocycles. The normalized spacial score (nSPS) is 29.8. The molecule has 4 nitrogen and oxygen atoms in total. The summed E-state index contributed by atoms with van der Waals surface area (Å²) in [5, 5.41) is 3.15. The molecule has 0 aromatic rings. The van der Waals surface area contributed by atoms with Crippen LogP contribution in [0.1, 0.15) is 53.4 Å². The molecule has 0 spiro atoms. The van der Waals surface area contributed by atoms with E-state index in [-0.39, 0.29) is 29.2 Å². The van der Waals surface area contributed by atoms with Gasteiger partial charge in [0.1, 0.15) is 0 Å². The Kier molecular flexibility index (Phi) is 4.28. The van der Waals surface area contributed by atoms with Crippen LogP contribution in [0.4, 0.5) is 0 Å². The minimum absolute atomic E-state index is 0.0887. The molecule has 2 unspecified atom stereocenters. The van der Waals surface area contributed by atoms with E-state index in [1.165, 1.54) is 5.57 Å². The lowest BCUT2D eigenvalue weighted by Gasteiger charge is -2.33. The summed E-state index contributed by atoms with van der Waals surface area (Å²) >= 11 is 0. The molecule has 23 heavy (non-hydrogen) atoms. The van der Waals surface area contributed by atoms with Crippen molar-refractivity contribution in [1.82, 2.24) is 10.2 Å². The summed E-state index contributed by atoms with van der Waals surface area (Å²) in [7, 11) is 0. The quantitative estimate of drug-likeness (QED) is 0.810.